The smallest absolute Gasteiger partial charge is 0.119 e. The van der Waals surface area contributed by atoms with Gasteiger partial charge in [-0.15, -0.1) is 0 Å². The minimum atomic E-state index is 0.573. The molecule has 0 spiro atoms. The van der Waals surface area contributed by atoms with Crippen molar-refractivity contribution in [3.05, 3.63) is 29.8 Å². The Morgan fingerprint density at radius 1 is 0.950 bits per heavy atom. The molecule has 1 atom stereocenters. The number of benzene rings is 1. The van der Waals surface area contributed by atoms with E-state index >= 15 is 0 Å². The standard InChI is InChI=1S/C18H31NO/c1-14(2)6-7-16(5)19-12-13-20-18-10-8-17(9-11-18)15(3)4/h8-11,14-16,19H,6-7,12-13H2,1-5H3. The highest BCUT2D eigenvalue weighted by molar-refractivity contribution is 5.28. The Balaban J connectivity index is 2.17. The summed E-state index contributed by atoms with van der Waals surface area (Å²) in [5.41, 5.74) is 1.36. The van der Waals surface area contributed by atoms with Crippen molar-refractivity contribution in [1.82, 2.24) is 5.32 Å². The fraction of sp³-hybridized carbons (Fsp3) is 0.667. The van der Waals surface area contributed by atoms with Crippen molar-refractivity contribution >= 4 is 0 Å². The molecule has 0 aliphatic heterocycles. The van der Waals surface area contributed by atoms with E-state index in [1.165, 1.54) is 18.4 Å². The van der Waals surface area contributed by atoms with Crippen molar-refractivity contribution < 1.29 is 4.74 Å². The predicted octanol–water partition coefficient (Wildman–Crippen LogP) is 4.60. The van der Waals surface area contributed by atoms with E-state index in [0.29, 0.717) is 12.0 Å². The summed E-state index contributed by atoms with van der Waals surface area (Å²) in [5.74, 6) is 2.33. The summed E-state index contributed by atoms with van der Waals surface area (Å²) in [5, 5.41) is 3.51. The first-order chi connectivity index (χ1) is 9.49. The quantitative estimate of drug-likeness (QED) is 0.666. The molecule has 1 rings (SSSR count). The summed E-state index contributed by atoms with van der Waals surface area (Å²) in [6.45, 7) is 12.8. The van der Waals surface area contributed by atoms with Crippen molar-refractivity contribution in [2.45, 2.75) is 59.4 Å². The summed E-state index contributed by atoms with van der Waals surface area (Å²) >= 11 is 0. The Kier molecular flexibility index (Phi) is 7.68. The molecule has 0 bridgehead atoms. The van der Waals surface area contributed by atoms with E-state index in [9.17, 15) is 0 Å². The van der Waals surface area contributed by atoms with Crippen molar-refractivity contribution in [1.29, 1.82) is 0 Å². The molecule has 1 aromatic carbocycles. The number of ether oxygens (including phenoxy) is 1. The largest absolute Gasteiger partial charge is 0.492 e. The molecule has 1 aromatic rings. The van der Waals surface area contributed by atoms with Crippen LogP contribution in [-0.2, 0) is 0 Å². The molecule has 0 amide bonds. The maximum atomic E-state index is 5.75. The molecule has 2 nitrogen and oxygen atoms in total. The van der Waals surface area contributed by atoms with Gasteiger partial charge < -0.3 is 10.1 Å². The molecule has 2 heteroatoms. The number of hydrogen-bond donors (Lipinski definition) is 1. The summed E-state index contributed by atoms with van der Waals surface area (Å²) < 4.78 is 5.75. The molecule has 0 fully saturated rings. The Bertz CT molecular complexity index is 356. The molecule has 0 aliphatic rings. The van der Waals surface area contributed by atoms with Crippen molar-refractivity contribution in [2.24, 2.45) is 5.92 Å². The second-order valence-corrected chi connectivity index (χ2v) is 6.40. The van der Waals surface area contributed by atoms with Gasteiger partial charge in [0.15, 0.2) is 0 Å². The summed E-state index contributed by atoms with van der Waals surface area (Å²) in [6, 6.07) is 9.01. The first-order valence-corrected chi connectivity index (χ1v) is 7.95. The van der Waals surface area contributed by atoms with E-state index in [2.05, 4.69) is 64.2 Å². The van der Waals surface area contributed by atoms with Gasteiger partial charge in [0.05, 0.1) is 0 Å². The van der Waals surface area contributed by atoms with Gasteiger partial charge in [-0.1, -0.05) is 39.8 Å². The summed E-state index contributed by atoms with van der Waals surface area (Å²) in [4.78, 5) is 0. The highest BCUT2D eigenvalue weighted by Gasteiger charge is 2.03. The van der Waals surface area contributed by atoms with Gasteiger partial charge in [0.1, 0.15) is 12.4 Å². The van der Waals surface area contributed by atoms with Gasteiger partial charge in [-0.05, 0) is 49.3 Å². The zero-order chi connectivity index (χ0) is 15.0. The van der Waals surface area contributed by atoms with Crippen LogP contribution in [0.3, 0.4) is 0 Å². The van der Waals surface area contributed by atoms with Gasteiger partial charge in [0.25, 0.3) is 0 Å². The van der Waals surface area contributed by atoms with Crippen LogP contribution in [0.4, 0.5) is 0 Å². The van der Waals surface area contributed by atoms with Crippen LogP contribution < -0.4 is 10.1 Å². The second kappa shape index (κ2) is 9.02. The Labute approximate surface area is 124 Å². The van der Waals surface area contributed by atoms with Crippen LogP contribution in [0.1, 0.15) is 58.9 Å². The molecule has 0 aromatic heterocycles. The second-order valence-electron chi connectivity index (χ2n) is 6.40. The molecule has 1 N–H and O–H groups in total. The molecule has 0 saturated carbocycles. The zero-order valence-corrected chi connectivity index (χ0v) is 13.8. The fourth-order valence-corrected chi connectivity index (χ4v) is 2.11. The highest BCUT2D eigenvalue weighted by atomic mass is 16.5. The van der Waals surface area contributed by atoms with Gasteiger partial charge >= 0.3 is 0 Å². The van der Waals surface area contributed by atoms with E-state index in [0.717, 1.165) is 24.8 Å². The average Bonchev–Trinajstić information content (AvgIpc) is 2.42. The molecular formula is C18H31NO. The first kappa shape index (κ1) is 17.0. The van der Waals surface area contributed by atoms with Crippen molar-refractivity contribution in [3.8, 4) is 5.75 Å². The zero-order valence-electron chi connectivity index (χ0n) is 13.8. The van der Waals surface area contributed by atoms with Crippen LogP contribution in [0.15, 0.2) is 24.3 Å². The summed E-state index contributed by atoms with van der Waals surface area (Å²) in [7, 11) is 0. The Morgan fingerprint density at radius 3 is 2.15 bits per heavy atom. The molecular weight excluding hydrogens is 246 g/mol. The SMILES string of the molecule is CC(C)CCC(C)NCCOc1ccc(C(C)C)cc1. The average molecular weight is 277 g/mol. The van der Waals surface area contributed by atoms with Crippen LogP contribution >= 0.6 is 0 Å². The normalized spacial score (nSPS) is 12.9. The third kappa shape index (κ3) is 6.95. The Morgan fingerprint density at radius 2 is 1.60 bits per heavy atom. The molecule has 0 radical (unpaired) electrons. The molecule has 114 valence electrons. The van der Waals surface area contributed by atoms with Gasteiger partial charge in [-0.3, -0.25) is 0 Å². The van der Waals surface area contributed by atoms with Gasteiger partial charge in [-0.25, -0.2) is 0 Å². The molecule has 0 heterocycles. The van der Waals surface area contributed by atoms with E-state index in [1.54, 1.807) is 0 Å². The molecule has 0 aliphatic carbocycles. The van der Waals surface area contributed by atoms with E-state index < -0.39 is 0 Å². The van der Waals surface area contributed by atoms with Gasteiger partial charge in [0, 0.05) is 12.6 Å². The van der Waals surface area contributed by atoms with E-state index in [4.69, 9.17) is 4.74 Å². The maximum Gasteiger partial charge on any atom is 0.119 e. The van der Waals surface area contributed by atoms with Gasteiger partial charge in [0.2, 0.25) is 0 Å². The lowest BCUT2D eigenvalue weighted by atomic mass is 10.0. The van der Waals surface area contributed by atoms with E-state index in [1.807, 2.05) is 0 Å². The van der Waals surface area contributed by atoms with E-state index in [-0.39, 0.29) is 0 Å². The molecule has 1 unspecified atom stereocenters. The minimum Gasteiger partial charge on any atom is -0.492 e. The first-order valence-electron chi connectivity index (χ1n) is 7.95. The fourth-order valence-electron chi connectivity index (χ4n) is 2.11. The number of hydrogen-bond acceptors (Lipinski definition) is 2. The number of rotatable bonds is 9. The van der Waals surface area contributed by atoms with Crippen molar-refractivity contribution in [2.75, 3.05) is 13.2 Å². The third-order valence-electron chi connectivity index (χ3n) is 3.59. The van der Waals surface area contributed by atoms with Crippen LogP contribution in [0.5, 0.6) is 5.75 Å². The Hall–Kier alpha value is -1.02. The van der Waals surface area contributed by atoms with Crippen LogP contribution in [-0.4, -0.2) is 19.2 Å². The van der Waals surface area contributed by atoms with Crippen LogP contribution in [0.2, 0.25) is 0 Å². The third-order valence-corrected chi connectivity index (χ3v) is 3.59. The summed E-state index contributed by atoms with van der Waals surface area (Å²) in [6.07, 6.45) is 2.52. The lowest BCUT2D eigenvalue weighted by Crippen LogP contribution is -2.30. The lowest BCUT2D eigenvalue weighted by molar-refractivity contribution is 0.303. The lowest BCUT2D eigenvalue weighted by Gasteiger charge is -2.15. The monoisotopic (exact) mass is 277 g/mol. The van der Waals surface area contributed by atoms with Crippen molar-refractivity contribution in [3.63, 3.8) is 0 Å². The van der Waals surface area contributed by atoms with Crippen LogP contribution in [0, 0.1) is 5.92 Å². The minimum absolute atomic E-state index is 0.573. The van der Waals surface area contributed by atoms with Gasteiger partial charge in [-0.2, -0.15) is 0 Å². The molecule has 0 saturated heterocycles. The molecule has 20 heavy (non-hydrogen) atoms. The highest BCUT2D eigenvalue weighted by Crippen LogP contribution is 2.18. The topological polar surface area (TPSA) is 21.3 Å². The number of nitrogens with one attached hydrogen (secondary N) is 1. The maximum absolute atomic E-state index is 5.75. The predicted molar refractivity (Wildman–Crippen MR) is 87.6 cm³/mol. The van der Waals surface area contributed by atoms with Crippen LogP contribution in [0.25, 0.3) is 0 Å².